The van der Waals surface area contributed by atoms with E-state index in [2.05, 4.69) is 74.5 Å². The lowest BCUT2D eigenvalue weighted by atomic mass is 9.96. The van der Waals surface area contributed by atoms with Crippen molar-refractivity contribution in [2.24, 2.45) is 0 Å². The van der Waals surface area contributed by atoms with Crippen LogP contribution in [-0.2, 0) is 0 Å². The lowest BCUT2D eigenvalue weighted by Crippen LogP contribution is -2.00. The van der Waals surface area contributed by atoms with E-state index in [-0.39, 0.29) is 0 Å². The van der Waals surface area contributed by atoms with Gasteiger partial charge < -0.3 is 0 Å². The fraction of sp³-hybridized carbons (Fsp3) is 0.333. The molecule has 0 heterocycles. The largest absolute Gasteiger partial charge is 0.123 e. The van der Waals surface area contributed by atoms with Crippen molar-refractivity contribution >= 4 is 11.8 Å². The minimum atomic E-state index is 0.653. The van der Waals surface area contributed by atoms with Gasteiger partial charge in [-0.1, -0.05) is 62.4 Å². The molecule has 0 aromatic heterocycles. The smallest absolute Gasteiger partial charge is 0.00746 e. The van der Waals surface area contributed by atoms with Crippen LogP contribution in [0.4, 0.5) is 0 Å². The van der Waals surface area contributed by atoms with Crippen molar-refractivity contribution in [3.8, 4) is 0 Å². The van der Waals surface area contributed by atoms with Crippen LogP contribution in [0.3, 0.4) is 0 Å². The fourth-order valence-corrected chi connectivity index (χ4v) is 3.26. The summed E-state index contributed by atoms with van der Waals surface area (Å²) in [6.45, 7) is 4.66. The van der Waals surface area contributed by atoms with Gasteiger partial charge in [0, 0.05) is 10.1 Å². The topological polar surface area (TPSA) is 0 Å². The van der Waals surface area contributed by atoms with E-state index in [1.165, 1.54) is 23.3 Å². The van der Waals surface area contributed by atoms with E-state index in [1.807, 2.05) is 11.8 Å². The molecule has 0 N–H and O–H groups in total. The quantitative estimate of drug-likeness (QED) is 0.602. The van der Waals surface area contributed by atoms with E-state index in [4.69, 9.17) is 0 Å². The summed E-state index contributed by atoms with van der Waals surface area (Å²) in [4.78, 5) is 1.38. The Kier molecular flexibility index (Phi) is 5.53. The van der Waals surface area contributed by atoms with Crippen LogP contribution < -0.4 is 0 Å². The zero-order chi connectivity index (χ0) is 13.5. The van der Waals surface area contributed by atoms with Crippen LogP contribution in [-0.4, -0.2) is 5.25 Å². The normalized spacial score (nSPS) is 14.0. The second kappa shape index (κ2) is 7.40. The van der Waals surface area contributed by atoms with Crippen molar-refractivity contribution in [1.82, 2.24) is 0 Å². The molecule has 0 amide bonds. The molecular formula is C18H22S. The first-order valence-corrected chi connectivity index (χ1v) is 7.90. The maximum atomic E-state index is 2.33. The second-order valence-electron chi connectivity index (χ2n) is 5.13. The Morgan fingerprint density at radius 1 is 0.789 bits per heavy atom. The monoisotopic (exact) mass is 270 g/mol. The van der Waals surface area contributed by atoms with Crippen molar-refractivity contribution in [3.05, 3.63) is 66.2 Å². The first-order chi connectivity index (χ1) is 9.25. The molecule has 0 aliphatic rings. The summed E-state index contributed by atoms with van der Waals surface area (Å²) < 4.78 is 0. The summed E-state index contributed by atoms with van der Waals surface area (Å²) in [5, 5.41) is 0.675. The van der Waals surface area contributed by atoms with Gasteiger partial charge in [-0.2, -0.15) is 0 Å². The van der Waals surface area contributed by atoms with E-state index in [0.717, 1.165) is 0 Å². The molecule has 2 aromatic carbocycles. The molecule has 19 heavy (non-hydrogen) atoms. The van der Waals surface area contributed by atoms with Crippen LogP contribution in [0.1, 0.15) is 38.2 Å². The predicted molar refractivity (Wildman–Crippen MR) is 85.9 cm³/mol. The van der Waals surface area contributed by atoms with Gasteiger partial charge in [0.15, 0.2) is 0 Å². The minimum absolute atomic E-state index is 0.653. The summed E-state index contributed by atoms with van der Waals surface area (Å²) in [5.74, 6) is 0.653. The van der Waals surface area contributed by atoms with E-state index < -0.39 is 0 Å². The lowest BCUT2D eigenvalue weighted by Gasteiger charge is -2.15. The van der Waals surface area contributed by atoms with Gasteiger partial charge in [-0.3, -0.25) is 0 Å². The highest BCUT2D eigenvalue weighted by atomic mass is 32.2. The van der Waals surface area contributed by atoms with Gasteiger partial charge in [0.25, 0.3) is 0 Å². The highest BCUT2D eigenvalue weighted by Gasteiger charge is 2.09. The van der Waals surface area contributed by atoms with Crippen LogP contribution in [0.15, 0.2) is 65.6 Å². The van der Waals surface area contributed by atoms with Crippen LogP contribution in [0.5, 0.6) is 0 Å². The molecule has 2 rings (SSSR count). The van der Waals surface area contributed by atoms with Crippen molar-refractivity contribution in [3.63, 3.8) is 0 Å². The lowest BCUT2D eigenvalue weighted by molar-refractivity contribution is 0.631. The fourth-order valence-electron chi connectivity index (χ4n) is 2.22. The third-order valence-electron chi connectivity index (χ3n) is 3.46. The minimum Gasteiger partial charge on any atom is -0.123 e. The Bertz CT molecular complexity index is 464. The van der Waals surface area contributed by atoms with Crippen LogP contribution in [0.2, 0.25) is 0 Å². The third-order valence-corrected chi connectivity index (χ3v) is 4.64. The number of hydrogen-bond acceptors (Lipinski definition) is 1. The summed E-state index contributed by atoms with van der Waals surface area (Å²) in [5.41, 5.74) is 1.46. The highest BCUT2D eigenvalue weighted by Crippen LogP contribution is 2.29. The van der Waals surface area contributed by atoms with Gasteiger partial charge in [0.05, 0.1) is 0 Å². The van der Waals surface area contributed by atoms with Crippen molar-refractivity contribution < 1.29 is 0 Å². The molecule has 0 bridgehead atoms. The molecule has 0 radical (unpaired) electrons. The Hall–Kier alpha value is -1.21. The summed E-state index contributed by atoms with van der Waals surface area (Å²) >= 11 is 1.98. The SMILES string of the molecule is C[C@H](CC[C@H](C)c1ccccc1)Sc1ccccc1. The molecule has 0 aliphatic heterocycles. The summed E-state index contributed by atoms with van der Waals surface area (Å²) in [6, 6.07) is 21.5. The molecule has 2 aromatic rings. The first kappa shape index (κ1) is 14.2. The van der Waals surface area contributed by atoms with Crippen LogP contribution >= 0.6 is 11.8 Å². The van der Waals surface area contributed by atoms with Crippen molar-refractivity contribution in [2.75, 3.05) is 0 Å². The molecule has 0 aliphatic carbocycles. The van der Waals surface area contributed by atoms with Gasteiger partial charge in [0.2, 0.25) is 0 Å². The van der Waals surface area contributed by atoms with Crippen LogP contribution in [0.25, 0.3) is 0 Å². The Balaban J connectivity index is 1.79. The molecule has 0 saturated heterocycles. The molecule has 1 heteroatoms. The molecule has 0 unspecified atom stereocenters. The second-order valence-corrected chi connectivity index (χ2v) is 6.64. The molecular weight excluding hydrogens is 248 g/mol. The third kappa shape index (κ3) is 4.76. The molecule has 0 fully saturated rings. The maximum Gasteiger partial charge on any atom is 0.00746 e. The molecule has 0 saturated carbocycles. The van der Waals surface area contributed by atoms with Gasteiger partial charge in [-0.15, -0.1) is 11.8 Å². The predicted octanol–water partition coefficient (Wildman–Crippen LogP) is 5.75. The van der Waals surface area contributed by atoms with E-state index in [1.54, 1.807) is 0 Å². The Morgan fingerprint density at radius 2 is 1.37 bits per heavy atom. The average Bonchev–Trinajstić information content (AvgIpc) is 2.47. The van der Waals surface area contributed by atoms with Gasteiger partial charge in [-0.05, 0) is 36.5 Å². The number of thioether (sulfide) groups is 1. The molecule has 2 atom stereocenters. The number of hydrogen-bond donors (Lipinski definition) is 0. The molecule has 0 spiro atoms. The average molecular weight is 270 g/mol. The standard InChI is InChI=1S/C18H22S/c1-15(17-9-5-3-6-10-17)13-14-16(2)19-18-11-7-4-8-12-18/h3-12,15-16H,13-14H2,1-2H3/t15-,16+/m0/s1. The molecule has 0 nitrogen and oxygen atoms in total. The zero-order valence-electron chi connectivity index (χ0n) is 11.8. The van der Waals surface area contributed by atoms with E-state index in [0.29, 0.717) is 11.2 Å². The van der Waals surface area contributed by atoms with Crippen molar-refractivity contribution in [2.45, 2.75) is 42.8 Å². The van der Waals surface area contributed by atoms with Crippen molar-refractivity contribution in [1.29, 1.82) is 0 Å². The van der Waals surface area contributed by atoms with Crippen LogP contribution in [0, 0.1) is 0 Å². The summed E-state index contributed by atoms with van der Waals surface area (Å²) in [7, 11) is 0. The van der Waals surface area contributed by atoms with E-state index in [9.17, 15) is 0 Å². The maximum absolute atomic E-state index is 2.33. The zero-order valence-corrected chi connectivity index (χ0v) is 12.6. The number of rotatable bonds is 6. The number of benzene rings is 2. The summed E-state index contributed by atoms with van der Waals surface area (Å²) in [6.07, 6.45) is 2.51. The Labute approximate surface area is 121 Å². The van der Waals surface area contributed by atoms with E-state index >= 15 is 0 Å². The first-order valence-electron chi connectivity index (χ1n) is 7.02. The van der Waals surface area contributed by atoms with Gasteiger partial charge >= 0.3 is 0 Å². The molecule has 100 valence electrons. The highest BCUT2D eigenvalue weighted by molar-refractivity contribution is 7.99. The Morgan fingerprint density at radius 3 is 2.00 bits per heavy atom. The van der Waals surface area contributed by atoms with Gasteiger partial charge in [-0.25, -0.2) is 0 Å². The van der Waals surface area contributed by atoms with Gasteiger partial charge in [0.1, 0.15) is 0 Å².